The summed E-state index contributed by atoms with van der Waals surface area (Å²) in [7, 11) is 0. The third-order valence-corrected chi connectivity index (χ3v) is 4.00. The fraction of sp³-hybridized carbons (Fsp3) is 0. The van der Waals surface area contributed by atoms with Crippen molar-refractivity contribution in [2.24, 2.45) is 5.10 Å². The second kappa shape index (κ2) is 6.77. The second-order valence-electron chi connectivity index (χ2n) is 5.54. The summed E-state index contributed by atoms with van der Waals surface area (Å²) in [5, 5.41) is 28.2. The minimum atomic E-state index is 0.172. The fourth-order valence-electron chi connectivity index (χ4n) is 2.50. The van der Waals surface area contributed by atoms with E-state index in [0.717, 1.165) is 16.8 Å². The Balaban J connectivity index is 1.69. The largest absolute Gasteiger partial charge is 0.508 e. The number of phenols is 1. The van der Waals surface area contributed by atoms with Crippen molar-refractivity contribution in [3.8, 4) is 28.5 Å². The van der Waals surface area contributed by atoms with Crippen molar-refractivity contribution in [3.05, 3.63) is 71.0 Å². The number of rotatable bonds is 4. The maximum Gasteiger partial charge on any atom is 0.216 e. The van der Waals surface area contributed by atoms with E-state index in [1.807, 2.05) is 42.5 Å². The Bertz CT molecular complexity index is 1130. The number of nitrogens with one attached hydrogen (secondary N) is 2. The molecule has 0 amide bonds. The molecule has 0 radical (unpaired) electrons. The Hall–Kier alpha value is -3.52. The van der Waals surface area contributed by atoms with E-state index in [1.54, 1.807) is 24.4 Å². The quantitative estimate of drug-likeness (QED) is 0.382. The SMILES string of the molecule is Oc1cccc(/C=N\n2c(-c3cc(-c4ccccc4)n[nH]3)n[nH]c2=S)c1. The molecule has 0 aliphatic rings. The van der Waals surface area contributed by atoms with Gasteiger partial charge in [-0.1, -0.05) is 42.5 Å². The summed E-state index contributed by atoms with van der Waals surface area (Å²) >= 11 is 5.26. The molecular formula is C18H14N6OS. The van der Waals surface area contributed by atoms with Crippen molar-refractivity contribution < 1.29 is 5.11 Å². The van der Waals surface area contributed by atoms with E-state index < -0.39 is 0 Å². The molecule has 3 N–H and O–H groups in total. The molecule has 7 nitrogen and oxygen atoms in total. The molecular weight excluding hydrogens is 348 g/mol. The predicted molar refractivity (Wildman–Crippen MR) is 102 cm³/mol. The van der Waals surface area contributed by atoms with Crippen molar-refractivity contribution >= 4 is 18.4 Å². The van der Waals surface area contributed by atoms with Crippen molar-refractivity contribution in [2.45, 2.75) is 0 Å². The van der Waals surface area contributed by atoms with Crippen LogP contribution < -0.4 is 0 Å². The fourth-order valence-corrected chi connectivity index (χ4v) is 2.67. The Morgan fingerprint density at radius 2 is 1.85 bits per heavy atom. The Labute approximate surface area is 153 Å². The van der Waals surface area contributed by atoms with E-state index in [2.05, 4.69) is 25.5 Å². The second-order valence-corrected chi connectivity index (χ2v) is 5.92. The number of nitrogens with zero attached hydrogens (tertiary/aromatic N) is 4. The first kappa shape index (κ1) is 16.0. The highest BCUT2D eigenvalue weighted by Crippen LogP contribution is 2.22. The molecule has 0 aliphatic carbocycles. The van der Waals surface area contributed by atoms with Crippen LogP contribution in [0.25, 0.3) is 22.8 Å². The Morgan fingerprint density at radius 1 is 1.00 bits per heavy atom. The van der Waals surface area contributed by atoms with Crippen LogP contribution in [0.2, 0.25) is 0 Å². The van der Waals surface area contributed by atoms with Gasteiger partial charge in [0.05, 0.1) is 11.9 Å². The van der Waals surface area contributed by atoms with E-state index in [4.69, 9.17) is 12.2 Å². The van der Waals surface area contributed by atoms with E-state index in [0.29, 0.717) is 16.3 Å². The highest BCUT2D eigenvalue weighted by molar-refractivity contribution is 7.71. The van der Waals surface area contributed by atoms with Crippen LogP contribution in [0.5, 0.6) is 5.75 Å². The lowest BCUT2D eigenvalue weighted by Crippen LogP contribution is -1.95. The molecule has 0 unspecified atom stereocenters. The van der Waals surface area contributed by atoms with Gasteiger partial charge in [-0.3, -0.25) is 5.10 Å². The number of benzene rings is 2. The molecule has 128 valence electrons. The normalized spacial score (nSPS) is 11.2. The lowest BCUT2D eigenvalue weighted by molar-refractivity contribution is 0.475. The van der Waals surface area contributed by atoms with Gasteiger partial charge >= 0.3 is 0 Å². The van der Waals surface area contributed by atoms with Gasteiger partial charge in [0.15, 0.2) is 0 Å². The lowest BCUT2D eigenvalue weighted by atomic mass is 10.1. The van der Waals surface area contributed by atoms with Crippen molar-refractivity contribution in [1.29, 1.82) is 0 Å². The molecule has 0 saturated carbocycles. The van der Waals surface area contributed by atoms with Gasteiger partial charge in [-0.25, -0.2) is 5.10 Å². The predicted octanol–water partition coefficient (Wildman–Crippen LogP) is 3.59. The van der Waals surface area contributed by atoms with Crippen LogP contribution in [0.1, 0.15) is 5.56 Å². The standard InChI is InChI=1S/C18H14N6OS/c25-14-8-4-5-12(9-14)11-19-24-17(22-23-18(24)26)16-10-15(20-21-16)13-6-2-1-3-7-13/h1-11,25H,(H,20,21)(H,23,26)/b19-11-. The number of aromatic nitrogens is 5. The number of phenolic OH excluding ortho intramolecular Hbond substituents is 1. The smallest absolute Gasteiger partial charge is 0.216 e. The Morgan fingerprint density at radius 3 is 2.65 bits per heavy atom. The summed E-state index contributed by atoms with van der Waals surface area (Å²) in [4.78, 5) is 0. The molecule has 8 heteroatoms. The minimum Gasteiger partial charge on any atom is -0.508 e. The summed E-state index contributed by atoms with van der Waals surface area (Å²) < 4.78 is 1.86. The summed E-state index contributed by atoms with van der Waals surface area (Å²) in [5.74, 6) is 0.687. The molecule has 4 rings (SSSR count). The number of H-pyrrole nitrogens is 2. The van der Waals surface area contributed by atoms with Crippen LogP contribution in [0, 0.1) is 4.77 Å². The number of aromatic amines is 2. The van der Waals surface area contributed by atoms with Crippen LogP contribution in [-0.4, -0.2) is 36.4 Å². The molecule has 2 aromatic carbocycles. The van der Waals surface area contributed by atoms with Crippen molar-refractivity contribution in [2.75, 3.05) is 0 Å². The van der Waals surface area contributed by atoms with Crippen molar-refractivity contribution in [1.82, 2.24) is 25.1 Å². The molecule has 0 fully saturated rings. The first-order valence-corrected chi connectivity index (χ1v) is 8.23. The number of hydrogen-bond acceptors (Lipinski definition) is 5. The zero-order chi connectivity index (χ0) is 17.9. The summed E-state index contributed by atoms with van der Waals surface area (Å²) in [5.41, 5.74) is 3.23. The monoisotopic (exact) mass is 362 g/mol. The topological polar surface area (TPSA) is 94.9 Å². The van der Waals surface area contributed by atoms with Gasteiger partial charge in [-0.15, -0.1) is 0 Å². The van der Waals surface area contributed by atoms with Gasteiger partial charge < -0.3 is 5.11 Å². The van der Waals surface area contributed by atoms with Gasteiger partial charge in [-0.2, -0.15) is 20.0 Å². The average Bonchev–Trinajstić information content (AvgIpc) is 3.28. The zero-order valence-electron chi connectivity index (χ0n) is 13.5. The average molecular weight is 362 g/mol. The third-order valence-electron chi connectivity index (χ3n) is 3.73. The van der Waals surface area contributed by atoms with E-state index in [1.165, 1.54) is 4.68 Å². The van der Waals surface area contributed by atoms with Gasteiger partial charge in [0, 0.05) is 5.56 Å². The molecule has 0 aliphatic heterocycles. The van der Waals surface area contributed by atoms with E-state index in [9.17, 15) is 5.11 Å². The van der Waals surface area contributed by atoms with Crippen molar-refractivity contribution in [3.63, 3.8) is 0 Å². The first-order valence-electron chi connectivity index (χ1n) is 7.83. The summed E-state index contributed by atoms with van der Waals surface area (Å²) in [6.45, 7) is 0. The molecule has 0 bridgehead atoms. The summed E-state index contributed by atoms with van der Waals surface area (Å²) in [6, 6.07) is 18.5. The highest BCUT2D eigenvalue weighted by Gasteiger charge is 2.12. The van der Waals surface area contributed by atoms with Crippen LogP contribution in [0.4, 0.5) is 0 Å². The molecule has 0 atom stereocenters. The number of hydrogen-bond donors (Lipinski definition) is 3. The lowest BCUT2D eigenvalue weighted by Gasteiger charge is -1.98. The van der Waals surface area contributed by atoms with E-state index in [-0.39, 0.29) is 5.75 Å². The maximum absolute atomic E-state index is 9.55. The molecule has 0 spiro atoms. The molecule has 2 heterocycles. The molecule has 0 saturated heterocycles. The Kier molecular flexibility index (Phi) is 4.16. The first-order chi connectivity index (χ1) is 12.7. The van der Waals surface area contributed by atoms with Gasteiger partial charge in [0.1, 0.15) is 11.4 Å². The van der Waals surface area contributed by atoms with Crippen LogP contribution in [0.3, 0.4) is 0 Å². The van der Waals surface area contributed by atoms with Gasteiger partial charge in [-0.05, 0) is 36.0 Å². The molecule has 2 aromatic heterocycles. The zero-order valence-corrected chi connectivity index (χ0v) is 14.3. The van der Waals surface area contributed by atoms with Crippen LogP contribution >= 0.6 is 12.2 Å². The molecule has 26 heavy (non-hydrogen) atoms. The molecule has 4 aromatic rings. The van der Waals surface area contributed by atoms with E-state index >= 15 is 0 Å². The third kappa shape index (κ3) is 3.17. The van der Waals surface area contributed by atoms with Gasteiger partial charge in [0.2, 0.25) is 10.6 Å². The van der Waals surface area contributed by atoms with Crippen LogP contribution in [0.15, 0.2) is 65.8 Å². The maximum atomic E-state index is 9.55. The number of aromatic hydroxyl groups is 1. The van der Waals surface area contributed by atoms with Crippen LogP contribution in [-0.2, 0) is 0 Å². The highest BCUT2D eigenvalue weighted by atomic mass is 32.1. The summed E-state index contributed by atoms with van der Waals surface area (Å²) in [6.07, 6.45) is 1.60. The van der Waals surface area contributed by atoms with Gasteiger partial charge in [0.25, 0.3) is 0 Å². The minimum absolute atomic E-state index is 0.172.